The summed E-state index contributed by atoms with van der Waals surface area (Å²) in [6, 6.07) is 0. The molecule has 4 bridgehead atoms. The molecule has 4 aliphatic rings. The molecule has 2 nitrogen and oxygen atoms in total. The fourth-order valence-electron chi connectivity index (χ4n) is 5.08. The van der Waals surface area contributed by atoms with Gasteiger partial charge in [-0.05, 0) is 68.7 Å². The van der Waals surface area contributed by atoms with E-state index in [0.29, 0.717) is 5.54 Å². The van der Waals surface area contributed by atoms with Crippen molar-refractivity contribution in [1.82, 2.24) is 5.32 Å². The fourth-order valence-corrected chi connectivity index (χ4v) is 5.08. The Bertz CT molecular complexity index is 233. The molecule has 0 spiro atoms. The maximum absolute atomic E-state index is 6.17. The highest BCUT2D eigenvalue weighted by Gasteiger charge is 2.56. The minimum atomic E-state index is 0.323. The van der Waals surface area contributed by atoms with Crippen LogP contribution in [0.15, 0.2) is 0 Å². The third kappa shape index (κ3) is 1.46. The van der Waals surface area contributed by atoms with Crippen LogP contribution in [-0.2, 0) is 0 Å². The number of nitrogens with one attached hydrogen (secondary N) is 1. The first kappa shape index (κ1) is 11.0. The average Bonchev–Trinajstić information content (AvgIpc) is 2.28. The van der Waals surface area contributed by atoms with Gasteiger partial charge in [0.2, 0.25) is 0 Å². The molecule has 0 radical (unpaired) electrons. The molecule has 2 heteroatoms. The third-order valence-corrected chi connectivity index (χ3v) is 5.64. The second kappa shape index (κ2) is 3.99. The molecule has 4 saturated carbocycles. The molecule has 0 aliphatic heterocycles. The van der Waals surface area contributed by atoms with Crippen LogP contribution in [0.3, 0.4) is 0 Å². The molecule has 0 aromatic heterocycles. The lowest BCUT2D eigenvalue weighted by atomic mass is 9.48. The maximum atomic E-state index is 6.17. The minimum absolute atomic E-state index is 0.323. The number of hydrogen-bond acceptors (Lipinski definition) is 2. The van der Waals surface area contributed by atoms with Crippen molar-refractivity contribution in [2.24, 2.45) is 29.4 Å². The van der Waals surface area contributed by atoms with Crippen LogP contribution in [0.5, 0.6) is 0 Å². The van der Waals surface area contributed by atoms with Gasteiger partial charge in [0.05, 0.1) is 0 Å². The fraction of sp³-hybridized carbons (Fsp3) is 1.00. The number of hydrogen-bond donors (Lipinski definition) is 2. The summed E-state index contributed by atoms with van der Waals surface area (Å²) in [7, 11) is 0. The monoisotopic (exact) mass is 222 g/mol. The smallest absolute Gasteiger partial charge is 0.0361 e. The Morgan fingerprint density at radius 2 is 1.62 bits per heavy atom. The first-order chi connectivity index (χ1) is 7.78. The van der Waals surface area contributed by atoms with Gasteiger partial charge in [-0.2, -0.15) is 0 Å². The van der Waals surface area contributed by atoms with Crippen LogP contribution in [0.25, 0.3) is 0 Å². The molecule has 92 valence electrons. The van der Waals surface area contributed by atoms with Gasteiger partial charge in [0.25, 0.3) is 0 Å². The molecule has 16 heavy (non-hydrogen) atoms. The van der Waals surface area contributed by atoms with Gasteiger partial charge in [0.15, 0.2) is 0 Å². The summed E-state index contributed by atoms with van der Waals surface area (Å²) in [4.78, 5) is 0. The largest absolute Gasteiger partial charge is 0.329 e. The predicted molar refractivity (Wildman–Crippen MR) is 67.1 cm³/mol. The van der Waals surface area contributed by atoms with Crippen LogP contribution in [0.1, 0.15) is 45.4 Å². The number of rotatable bonds is 4. The molecule has 0 aromatic rings. The van der Waals surface area contributed by atoms with E-state index in [1.54, 1.807) is 0 Å². The molecule has 0 saturated heterocycles. The van der Waals surface area contributed by atoms with E-state index >= 15 is 0 Å². The molecule has 4 aliphatic carbocycles. The standard InChI is InChI=1S/C14H26N2/c1-2-3-16-14(9-15)12-5-10-4-11(7-12)8-13(14)6-10/h10-13,16H,2-9,15H2,1H3. The van der Waals surface area contributed by atoms with Crippen LogP contribution in [0, 0.1) is 23.7 Å². The summed E-state index contributed by atoms with van der Waals surface area (Å²) >= 11 is 0. The Hall–Kier alpha value is -0.0800. The second-order valence-corrected chi connectivity index (χ2v) is 6.48. The average molecular weight is 222 g/mol. The van der Waals surface area contributed by atoms with Crippen molar-refractivity contribution >= 4 is 0 Å². The molecular weight excluding hydrogens is 196 g/mol. The lowest BCUT2D eigenvalue weighted by molar-refractivity contribution is -0.0689. The maximum Gasteiger partial charge on any atom is 0.0361 e. The van der Waals surface area contributed by atoms with Crippen molar-refractivity contribution in [3.63, 3.8) is 0 Å². The Balaban J connectivity index is 1.82. The van der Waals surface area contributed by atoms with Gasteiger partial charge in [-0.15, -0.1) is 0 Å². The zero-order chi connectivity index (χ0) is 11.2. The van der Waals surface area contributed by atoms with Crippen molar-refractivity contribution in [2.45, 2.75) is 51.0 Å². The lowest BCUT2D eigenvalue weighted by Gasteiger charge is -2.61. The van der Waals surface area contributed by atoms with E-state index < -0.39 is 0 Å². The van der Waals surface area contributed by atoms with Gasteiger partial charge < -0.3 is 11.1 Å². The van der Waals surface area contributed by atoms with E-state index in [-0.39, 0.29) is 0 Å². The van der Waals surface area contributed by atoms with Crippen LogP contribution < -0.4 is 11.1 Å². The van der Waals surface area contributed by atoms with E-state index in [9.17, 15) is 0 Å². The Morgan fingerprint density at radius 1 is 1.06 bits per heavy atom. The highest BCUT2D eigenvalue weighted by Crippen LogP contribution is 2.57. The minimum Gasteiger partial charge on any atom is -0.329 e. The van der Waals surface area contributed by atoms with Crippen LogP contribution in [0.2, 0.25) is 0 Å². The first-order valence-electron chi connectivity index (χ1n) is 7.23. The van der Waals surface area contributed by atoms with E-state index in [4.69, 9.17) is 5.73 Å². The van der Waals surface area contributed by atoms with E-state index in [2.05, 4.69) is 12.2 Å². The topological polar surface area (TPSA) is 38.0 Å². The van der Waals surface area contributed by atoms with Gasteiger partial charge in [-0.3, -0.25) is 0 Å². The van der Waals surface area contributed by atoms with Crippen LogP contribution in [0.4, 0.5) is 0 Å². The number of nitrogens with two attached hydrogens (primary N) is 1. The van der Waals surface area contributed by atoms with E-state index in [1.165, 1.54) is 38.5 Å². The van der Waals surface area contributed by atoms with Crippen LogP contribution >= 0.6 is 0 Å². The summed E-state index contributed by atoms with van der Waals surface area (Å²) in [6.45, 7) is 4.27. The predicted octanol–water partition coefficient (Wildman–Crippen LogP) is 2.14. The lowest BCUT2D eigenvalue weighted by Crippen LogP contribution is -2.68. The molecule has 0 heterocycles. The third-order valence-electron chi connectivity index (χ3n) is 5.64. The van der Waals surface area contributed by atoms with Crippen LogP contribution in [-0.4, -0.2) is 18.6 Å². The summed E-state index contributed by atoms with van der Waals surface area (Å²) in [6.07, 6.45) is 8.60. The summed E-state index contributed by atoms with van der Waals surface area (Å²) in [5.74, 6) is 3.87. The van der Waals surface area contributed by atoms with E-state index in [1.807, 2.05) is 0 Å². The van der Waals surface area contributed by atoms with Gasteiger partial charge >= 0.3 is 0 Å². The van der Waals surface area contributed by atoms with Crippen molar-refractivity contribution in [3.8, 4) is 0 Å². The molecular formula is C14H26N2. The van der Waals surface area contributed by atoms with Gasteiger partial charge in [0, 0.05) is 12.1 Å². The molecule has 4 fully saturated rings. The van der Waals surface area contributed by atoms with E-state index in [0.717, 1.165) is 36.8 Å². The first-order valence-corrected chi connectivity index (χ1v) is 7.23. The molecule has 0 amide bonds. The SMILES string of the molecule is CCCNC1(CN)C2CC3CC(C2)CC1C3. The van der Waals surface area contributed by atoms with Crippen molar-refractivity contribution < 1.29 is 0 Å². The Kier molecular flexibility index (Phi) is 2.75. The summed E-state index contributed by atoms with van der Waals surface area (Å²) < 4.78 is 0. The Morgan fingerprint density at radius 3 is 2.06 bits per heavy atom. The normalized spacial score (nSPS) is 49.9. The van der Waals surface area contributed by atoms with Gasteiger partial charge in [-0.1, -0.05) is 6.92 Å². The zero-order valence-electron chi connectivity index (χ0n) is 10.5. The highest BCUT2D eigenvalue weighted by atomic mass is 15.0. The Labute approximate surface area is 99.4 Å². The quantitative estimate of drug-likeness (QED) is 0.765. The van der Waals surface area contributed by atoms with Gasteiger partial charge in [0.1, 0.15) is 0 Å². The zero-order valence-corrected chi connectivity index (χ0v) is 10.5. The molecule has 0 atom stereocenters. The molecule has 0 aromatic carbocycles. The second-order valence-electron chi connectivity index (χ2n) is 6.48. The molecule has 0 unspecified atom stereocenters. The van der Waals surface area contributed by atoms with Crippen molar-refractivity contribution in [1.29, 1.82) is 0 Å². The highest BCUT2D eigenvalue weighted by molar-refractivity contribution is 5.11. The summed E-state index contributed by atoms with van der Waals surface area (Å²) in [5.41, 5.74) is 6.49. The van der Waals surface area contributed by atoms with Crippen molar-refractivity contribution in [2.75, 3.05) is 13.1 Å². The van der Waals surface area contributed by atoms with Crippen molar-refractivity contribution in [3.05, 3.63) is 0 Å². The summed E-state index contributed by atoms with van der Waals surface area (Å²) in [5, 5.41) is 3.85. The van der Waals surface area contributed by atoms with Gasteiger partial charge in [-0.25, -0.2) is 0 Å². The molecule has 3 N–H and O–H groups in total. The molecule has 4 rings (SSSR count).